The number of carbonyl (C=O) groups excluding carboxylic acids is 1. The summed E-state index contributed by atoms with van der Waals surface area (Å²) in [7, 11) is -2.43. The number of hydrogen-bond acceptors (Lipinski definition) is 7. The molecule has 1 saturated heterocycles. The first-order valence-corrected chi connectivity index (χ1v) is 12.7. The van der Waals surface area contributed by atoms with Crippen LogP contribution in [0.5, 0.6) is 5.75 Å². The van der Waals surface area contributed by atoms with Crippen molar-refractivity contribution in [2.45, 2.75) is 38.7 Å². The zero-order valence-electron chi connectivity index (χ0n) is 19.8. The lowest BCUT2D eigenvalue weighted by atomic mass is 9.94. The second kappa shape index (κ2) is 9.68. The minimum Gasteiger partial charge on any atom is -0.495 e. The quantitative estimate of drug-likeness (QED) is 0.489. The minimum atomic E-state index is -3.85. The van der Waals surface area contributed by atoms with Crippen molar-refractivity contribution in [3.63, 3.8) is 0 Å². The van der Waals surface area contributed by atoms with E-state index >= 15 is 0 Å². The van der Waals surface area contributed by atoms with E-state index in [1.54, 1.807) is 6.92 Å². The highest BCUT2D eigenvalue weighted by atomic mass is 32.2. The molecule has 2 heterocycles. The van der Waals surface area contributed by atoms with E-state index in [4.69, 9.17) is 9.47 Å². The number of methoxy groups -OCH3 is 1. The second-order valence-corrected chi connectivity index (χ2v) is 10.9. The molecule has 1 aromatic heterocycles. The number of fused-ring (bicyclic) bond motifs is 1. The van der Waals surface area contributed by atoms with Gasteiger partial charge in [-0.25, -0.2) is 23.2 Å². The molecule has 2 atom stereocenters. The molecule has 34 heavy (non-hydrogen) atoms. The predicted molar refractivity (Wildman–Crippen MR) is 128 cm³/mol. The van der Waals surface area contributed by atoms with Crippen LogP contribution >= 0.6 is 0 Å². The van der Waals surface area contributed by atoms with Gasteiger partial charge in [0.1, 0.15) is 17.3 Å². The molecule has 3 aromatic rings. The Kier molecular flexibility index (Phi) is 6.86. The molecule has 0 saturated carbocycles. The molecule has 1 fully saturated rings. The second-order valence-electron chi connectivity index (χ2n) is 8.95. The molecule has 2 unspecified atom stereocenters. The van der Waals surface area contributed by atoms with Gasteiger partial charge in [0.25, 0.3) is 0 Å². The highest BCUT2D eigenvalue weighted by molar-refractivity contribution is 7.89. The number of carbonyl (C=O) groups is 1. The summed E-state index contributed by atoms with van der Waals surface area (Å²) in [6.07, 6.45) is 0.979. The van der Waals surface area contributed by atoms with Crippen LogP contribution in [0.1, 0.15) is 42.0 Å². The fourth-order valence-electron chi connectivity index (χ4n) is 4.43. The third-order valence-corrected chi connectivity index (χ3v) is 7.89. The molecule has 8 nitrogen and oxygen atoms in total. The molecule has 0 N–H and O–H groups in total. The number of aryl methyl sites for hydroxylation is 1. The maximum atomic E-state index is 13.5. The number of benzene rings is 2. The van der Waals surface area contributed by atoms with E-state index in [2.05, 4.69) is 9.97 Å². The van der Waals surface area contributed by atoms with E-state index in [1.807, 2.05) is 38.1 Å². The summed E-state index contributed by atoms with van der Waals surface area (Å²) >= 11 is 0. The number of sulfonamides is 1. The average Bonchev–Trinajstić information content (AvgIpc) is 2.81. The Labute approximate surface area is 200 Å². The zero-order valence-corrected chi connectivity index (χ0v) is 20.6. The number of para-hydroxylation sites is 2. The largest absolute Gasteiger partial charge is 0.495 e. The summed E-state index contributed by atoms with van der Waals surface area (Å²) < 4.78 is 39.2. The molecule has 0 aliphatic carbocycles. The Hall–Kier alpha value is -3.04. The van der Waals surface area contributed by atoms with Gasteiger partial charge in [-0.3, -0.25) is 0 Å². The molecule has 1 aliphatic rings. The number of piperidine rings is 1. The lowest BCUT2D eigenvalue weighted by molar-refractivity contribution is 0.0466. The van der Waals surface area contributed by atoms with Crippen molar-refractivity contribution in [3.05, 3.63) is 59.4 Å². The molecule has 4 rings (SSSR count). The van der Waals surface area contributed by atoms with Crippen LogP contribution in [0.15, 0.2) is 47.4 Å². The van der Waals surface area contributed by atoms with Gasteiger partial charge >= 0.3 is 5.97 Å². The third-order valence-electron chi connectivity index (χ3n) is 6.04. The van der Waals surface area contributed by atoms with Crippen LogP contribution in [0.25, 0.3) is 11.0 Å². The van der Waals surface area contributed by atoms with Gasteiger partial charge in [-0.15, -0.1) is 0 Å². The standard InChI is InChI=1S/C25H29N3O5S/c1-16-11-17(2)14-28(13-16)34(30,31)24-12-19(9-10-23(24)32-4)25(29)33-15-22-18(3)26-20-7-5-6-8-21(20)27-22/h5-10,12,16-17H,11,13-15H2,1-4H3. The molecule has 1 aliphatic heterocycles. The van der Waals surface area contributed by atoms with Gasteiger partial charge in [0.2, 0.25) is 10.0 Å². The Morgan fingerprint density at radius 1 is 1.06 bits per heavy atom. The maximum Gasteiger partial charge on any atom is 0.338 e. The van der Waals surface area contributed by atoms with Crippen molar-refractivity contribution >= 4 is 27.0 Å². The first-order valence-electron chi connectivity index (χ1n) is 11.3. The van der Waals surface area contributed by atoms with Crippen LogP contribution in [0.4, 0.5) is 0 Å². The molecular formula is C25H29N3O5S. The predicted octanol–water partition coefficient (Wildman–Crippen LogP) is 3.97. The smallest absolute Gasteiger partial charge is 0.338 e. The van der Waals surface area contributed by atoms with Crippen molar-refractivity contribution < 1.29 is 22.7 Å². The van der Waals surface area contributed by atoms with Crippen molar-refractivity contribution in [1.29, 1.82) is 0 Å². The summed E-state index contributed by atoms with van der Waals surface area (Å²) in [5.41, 5.74) is 2.81. The Bertz CT molecular complexity index is 1320. The number of aromatic nitrogens is 2. The third kappa shape index (κ3) is 4.90. The van der Waals surface area contributed by atoms with Crippen LogP contribution < -0.4 is 4.74 Å². The molecule has 0 radical (unpaired) electrons. The number of hydrogen-bond donors (Lipinski definition) is 0. The SMILES string of the molecule is COc1ccc(C(=O)OCc2nc3ccccc3nc2C)cc1S(=O)(=O)N1CC(C)CC(C)C1. The van der Waals surface area contributed by atoms with Gasteiger partial charge < -0.3 is 9.47 Å². The average molecular weight is 484 g/mol. The number of nitrogens with zero attached hydrogens (tertiary/aromatic N) is 3. The van der Waals surface area contributed by atoms with E-state index in [9.17, 15) is 13.2 Å². The van der Waals surface area contributed by atoms with Crippen LogP contribution in [-0.2, 0) is 21.4 Å². The van der Waals surface area contributed by atoms with Crippen molar-refractivity contribution in [2.24, 2.45) is 11.8 Å². The molecule has 180 valence electrons. The van der Waals surface area contributed by atoms with Crippen LogP contribution in [0.3, 0.4) is 0 Å². The van der Waals surface area contributed by atoms with Gasteiger partial charge in [0.15, 0.2) is 0 Å². The van der Waals surface area contributed by atoms with E-state index in [-0.39, 0.29) is 34.7 Å². The van der Waals surface area contributed by atoms with Crippen LogP contribution in [0.2, 0.25) is 0 Å². The summed E-state index contributed by atoms with van der Waals surface area (Å²) in [4.78, 5) is 21.8. The summed E-state index contributed by atoms with van der Waals surface area (Å²) in [6.45, 7) is 6.69. The van der Waals surface area contributed by atoms with Crippen molar-refractivity contribution in [1.82, 2.24) is 14.3 Å². The Balaban J connectivity index is 1.57. The Morgan fingerprint density at radius 2 is 1.71 bits per heavy atom. The van der Waals surface area contributed by atoms with E-state index < -0.39 is 16.0 Å². The first kappa shape index (κ1) is 24.1. The van der Waals surface area contributed by atoms with E-state index in [1.165, 1.54) is 29.6 Å². The fourth-order valence-corrected chi connectivity index (χ4v) is 6.29. The highest BCUT2D eigenvalue weighted by Crippen LogP contribution is 2.32. The monoisotopic (exact) mass is 483 g/mol. The summed E-state index contributed by atoms with van der Waals surface area (Å²) in [5, 5.41) is 0. The number of rotatable bonds is 6. The molecule has 0 amide bonds. The molecular weight excluding hydrogens is 454 g/mol. The minimum absolute atomic E-state index is 0.0348. The van der Waals surface area contributed by atoms with Gasteiger partial charge in [-0.1, -0.05) is 26.0 Å². The summed E-state index contributed by atoms with van der Waals surface area (Å²) in [5.74, 6) is 0.0560. The topological polar surface area (TPSA) is 98.7 Å². The van der Waals surface area contributed by atoms with Crippen LogP contribution in [-0.4, -0.2) is 48.9 Å². The van der Waals surface area contributed by atoms with E-state index in [0.29, 0.717) is 30.0 Å². The van der Waals surface area contributed by atoms with Crippen LogP contribution in [0, 0.1) is 18.8 Å². The maximum absolute atomic E-state index is 13.5. The zero-order chi connectivity index (χ0) is 24.5. The first-order chi connectivity index (χ1) is 16.2. The normalized spacial score (nSPS) is 19.2. The number of esters is 1. The van der Waals surface area contributed by atoms with Gasteiger partial charge in [0, 0.05) is 13.1 Å². The molecule has 0 spiro atoms. The highest BCUT2D eigenvalue weighted by Gasteiger charge is 2.34. The van der Waals surface area contributed by atoms with Gasteiger partial charge in [0.05, 0.1) is 35.1 Å². The number of ether oxygens (including phenoxy) is 2. The molecule has 2 aromatic carbocycles. The molecule has 9 heteroatoms. The molecule has 0 bridgehead atoms. The van der Waals surface area contributed by atoms with Crippen molar-refractivity contribution in [3.8, 4) is 5.75 Å². The fraction of sp³-hybridized carbons (Fsp3) is 0.400. The van der Waals surface area contributed by atoms with E-state index in [0.717, 1.165) is 11.9 Å². The lowest BCUT2D eigenvalue weighted by Crippen LogP contribution is -2.42. The van der Waals surface area contributed by atoms with Gasteiger partial charge in [-0.2, -0.15) is 4.31 Å². The summed E-state index contributed by atoms with van der Waals surface area (Å²) in [6, 6.07) is 11.8. The van der Waals surface area contributed by atoms with Gasteiger partial charge in [-0.05, 0) is 55.5 Å². The lowest BCUT2D eigenvalue weighted by Gasteiger charge is -2.34. The Morgan fingerprint density at radius 3 is 2.35 bits per heavy atom. The van der Waals surface area contributed by atoms with Crippen molar-refractivity contribution in [2.75, 3.05) is 20.2 Å².